The maximum atomic E-state index is 11.8. The predicted molar refractivity (Wildman–Crippen MR) is 131 cm³/mol. The van der Waals surface area contributed by atoms with Gasteiger partial charge in [-0.05, 0) is 19.3 Å². The van der Waals surface area contributed by atoms with Crippen LogP contribution in [0.5, 0.6) is 0 Å². The van der Waals surface area contributed by atoms with Gasteiger partial charge in [0, 0.05) is 33.1 Å². The van der Waals surface area contributed by atoms with Crippen LogP contribution in [0.2, 0.25) is 0 Å². The Morgan fingerprint density at radius 3 is 1.47 bits per heavy atom. The van der Waals surface area contributed by atoms with Gasteiger partial charge in [-0.2, -0.15) is 0 Å². The van der Waals surface area contributed by atoms with E-state index in [1.165, 1.54) is 77.0 Å². The molecular weight excluding hydrogens is 406 g/mol. The van der Waals surface area contributed by atoms with Gasteiger partial charge >= 0.3 is 5.97 Å². The largest absolute Gasteiger partial charge is 0.481 e. The molecule has 2 N–H and O–H groups in total. The number of hydrogen-bond acceptors (Lipinski definition) is 4. The number of carbonyl (C=O) groups is 2. The summed E-state index contributed by atoms with van der Waals surface area (Å²) in [7, 11) is 1.66. The summed E-state index contributed by atoms with van der Waals surface area (Å²) in [6.07, 6.45) is 21.6. The summed E-state index contributed by atoms with van der Waals surface area (Å²) in [6.45, 7) is 2.60. The quantitative estimate of drug-likeness (QED) is 0.150. The Morgan fingerprint density at radius 1 is 0.594 bits per heavy atom. The summed E-state index contributed by atoms with van der Waals surface area (Å²) in [5.74, 6) is -0.503. The first-order valence-electron chi connectivity index (χ1n) is 13.2. The van der Waals surface area contributed by atoms with E-state index in [0.29, 0.717) is 39.2 Å². The Hall–Kier alpha value is -1.14. The van der Waals surface area contributed by atoms with Crippen LogP contribution in [-0.4, -0.2) is 50.5 Å². The van der Waals surface area contributed by atoms with Crippen LogP contribution >= 0.6 is 0 Å². The van der Waals surface area contributed by atoms with Crippen LogP contribution in [0, 0.1) is 0 Å². The first-order chi connectivity index (χ1) is 15.7. The molecule has 0 aromatic carbocycles. The van der Waals surface area contributed by atoms with Crippen LogP contribution in [0.3, 0.4) is 0 Å². The molecule has 0 bridgehead atoms. The molecule has 6 heteroatoms. The fourth-order valence-corrected chi connectivity index (χ4v) is 3.77. The Labute approximate surface area is 197 Å². The fourth-order valence-electron chi connectivity index (χ4n) is 3.77. The van der Waals surface area contributed by atoms with Crippen molar-refractivity contribution >= 4 is 11.9 Å². The van der Waals surface area contributed by atoms with E-state index in [9.17, 15) is 9.59 Å². The van der Waals surface area contributed by atoms with Crippen LogP contribution in [0.1, 0.15) is 122 Å². The van der Waals surface area contributed by atoms with Crippen LogP contribution in [-0.2, 0) is 19.1 Å². The Balaban J connectivity index is 3.12. The number of ether oxygens (including phenoxy) is 2. The molecule has 0 saturated heterocycles. The fraction of sp³-hybridized carbons (Fsp3) is 0.923. The van der Waals surface area contributed by atoms with E-state index in [-0.39, 0.29) is 5.91 Å². The highest BCUT2D eigenvalue weighted by atomic mass is 16.5. The maximum absolute atomic E-state index is 11.8. The van der Waals surface area contributed by atoms with Crippen LogP contribution in [0.15, 0.2) is 0 Å². The molecule has 0 fully saturated rings. The third kappa shape index (κ3) is 26.9. The molecule has 0 radical (unpaired) electrons. The monoisotopic (exact) mass is 457 g/mol. The summed E-state index contributed by atoms with van der Waals surface area (Å²) in [5.41, 5.74) is 0. The second-order valence-corrected chi connectivity index (χ2v) is 8.86. The van der Waals surface area contributed by atoms with Gasteiger partial charge in [0.1, 0.15) is 0 Å². The minimum absolute atomic E-state index is 0.167. The summed E-state index contributed by atoms with van der Waals surface area (Å²) in [4.78, 5) is 22.2. The Morgan fingerprint density at radius 2 is 1.03 bits per heavy atom. The molecule has 6 nitrogen and oxygen atoms in total. The topological polar surface area (TPSA) is 84.9 Å². The molecule has 0 heterocycles. The molecular formula is C26H51NO5. The molecule has 0 aliphatic heterocycles. The Bertz CT molecular complexity index is 417. The summed E-state index contributed by atoms with van der Waals surface area (Å²) in [6, 6.07) is 0. The van der Waals surface area contributed by atoms with Gasteiger partial charge in [-0.25, -0.2) is 0 Å². The summed E-state index contributed by atoms with van der Waals surface area (Å²) < 4.78 is 10.3. The lowest BCUT2D eigenvalue weighted by Crippen LogP contribution is -2.25. The van der Waals surface area contributed by atoms with E-state index in [2.05, 4.69) is 5.32 Å². The maximum Gasteiger partial charge on any atom is 0.303 e. The third-order valence-corrected chi connectivity index (χ3v) is 5.76. The molecule has 0 aromatic rings. The van der Waals surface area contributed by atoms with E-state index in [4.69, 9.17) is 14.6 Å². The molecule has 0 aliphatic carbocycles. The van der Waals surface area contributed by atoms with Crippen LogP contribution in [0.4, 0.5) is 0 Å². The number of nitrogens with one attached hydrogen (secondary N) is 1. The summed E-state index contributed by atoms with van der Waals surface area (Å²) in [5, 5.41) is 11.6. The second kappa shape index (κ2) is 26.1. The number of rotatable bonds is 26. The first-order valence-corrected chi connectivity index (χ1v) is 13.2. The zero-order valence-corrected chi connectivity index (χ0v) is 20.8. The third-order valence-electron chi connectivity index (χ3n) is 5.76. The lowest BCUT2D eigenvalue weighted by molar-refractivity contribution is -0.137. The van der Waals surface area contributed by atoms with Crippen molar-refractivity contribution < 1.29 is 24.2 Å². The molecule has 0 saturated carbocycles. The van der Waals surface area contributed by atoms with Crippen molar-refractivity contribution in [2.45, 2.75) is 122 Å². The van der Waals surface area contributed by atoms with Crippen LogP contribution in [0.25, 0.3) is 0 Å². The van der Waals surface area contributed by atoms with Crippen molar-refractivity contribution in [3.05, 3.63) is 0 Å². The molecule has 0 rings (SSSR count). The van der Waals surface area contributed by atoms with Gasteiger partial charge in [-0.3, -0.25) is 9.59 Å². The average molecular weight is 458 g/mol. The number of carbonyl (C=O) groups excluding carboxylic acids is 1. The van der Waals surface area contributed by atoms with E-state index in [1.807, 2.05) is 0 Å². The average Bonchev–Trinajstić information content (AvgIpc) is 2.77. The van der Waals surface area contributed by atoms with Gasteiger partial charge in [-0.1, -0.05) is 89.9 Å². The van der Waals surface area contributed by atoms with Gasteiger partial charge in [0.25, 0.3) is 0 Å². The van der Waals surface area contributed by atoms with Crippen molar-refractivity contribution in [2.75, 3.05) is 33.5 Å². The SMILES string of the molecule is COCCOCCCNC(=O)CCCCCCCCCCCCCCCCCCC(=O)O. The number of amides is 1. The smallest absolute Gasteiger partial charge is 0.303 e. The van der Waals surface area contributed by atoms with Crippen molar-refractivity contribution in [3.63, 3.8) is 0 Å². The number of carboxylic acids is 1. The second-order valence-electron chi connectivity index (χ2n) is 8.86. The first kappa shape index (κ1) is 30.9. The van der Waals surface area contributed by atoms with Crippen LogP contribution < -0.4 is 5.32 Å². The highest BCUT2D eigenvalue weighted by Gasteiger charge is 2.01. The lowest BCUT2D eigenvalue weighted by Gasteiger charge is -2.06. The zero-order valence-electron chi connectivity index (χ0n) is 20.8. The molecule has 0 aromatic heterocycles. The van der Waals surface area contributed by atoms with Crippen molar-refractivity contribution in [1.82, 2.24) is 5.32 Å². The zero-order chi connectivity index (χ0) is 23.5. The van der Waals surface area contributed by atoms with E-state index in [0.717, 1.165) is 32.1 Å². The number of hydrogen-bond donors (Lipinski definition) is 2. The molecule has 32 heavy (non-hydrogen) atoms. The van der Waals surface area contributed by atoms with Gasteiger partial charge in [0.15, 0.2) is 0 Å². The van der Waals surface area contributed by atoms with E-state index < -0.39 is 5.97 Å². The molecule has 0 spiro atoms. The predicted octanol–water partition coefficient (Wildman–Crippen LogP) is 6.26. The molecule has 190 valence electrons. The lowest BCUT2D eigenvalue weighted by atomic mass is 10.0. The normalized spacial score (nSPS) is 11.0. The Kier molecular flexibility index (Phi) is 25.2. The van der Waals surface area contributed by atoms with Crippen molar-refractivity contribution in [2.24, 2.45) is 0 Å². The minimum Gasteiger partial charge on any atom is -0.481 e. The number of aliphatic carboxylic acids is 1. The molecule has 0 aliphatic rings. The highest BCUT2D eigenvalue weighted by Crippen LogP contribution is 2.14. The molecule has 0 unspecified atom stereocenters. The standard InChI is InChI=1S/C26H51NO5/c1-31-23-24-32-22-18-21-27-25(28)19-16-14-12-10-8-6-4-2-3-5-7-9-11-13-15-17-20-26(29)30/h2-24H2,1H3,(H,27,28)(H,29,30). The van der Waals surface area contributed by atoms with Gasteiger partial charge in [0.2, 0.25) is 5.91 Å². The highest BCUT2D eigenvalue weighted by molar-refractivity contribution is 5.75. The van der Waals surface area contributed by atoms with Gasteiger partial charge in [-0.15, -0.1) is 0 Å². The molecule has 0 atom stereocenters. The van der Waals surface area contributed by atoms with E-state index in [1.54, 1.807) is 7.11 Å². The summed E-state index contributed by atoms with van der Waals surface area (Å²) >= 11 is 0. The van der Waals surface area contributed by atoms with Crippen molar-refractivity contribution in [3.8, 4) is 0 Å². The minimum atomic E-state index is -0.669. The number of carboxylic acid groups (broad SMARTS) is 1. The molecule has 1 amide bonds. The number of unbranched alkanes of at least 4 members (excludes halogenated alkanes) is 15. The van der Waals surface area contributed by atoms with Gasteiger partial charge in [0.05, 0.1) is 13.2 Å². The van der Waals surface area contributed by atoms with Crippen molar-refractivity contribution in [1.29, 1.82) is 0 Å². The van der Waals surface area contributed by atoms with Gasteiger partial charge < -0.3 is 19.9 Å². The van der Waals surface area contributed by atoms with E-state index >= 15 is 0 Å². The number of methoxy groups -OCH3 is 1.